The van der Waals surface area contributed by atoms with Gasteiger partial charge in [0.1, 0.15) is 5.82 Å². The molecule has 1 aromatic carbocycles. The van der Waals surface area contributed by atoms with Crippen LogP contribution in [0.2, 0.25) is 0 Å². The zero-order chi connectivity index (χ0) is 17.0. The van der Waals surface area contributed by atoms with Crippen molar-refractivity contribution in [2.75, 3.05) is 39.8 Å². The molecule has 2 rings (SSSR count). The number of ether oxygens (including phenoxy) is 1. The van der Waals surface area contributed by atoms with E-state index < -0.39 is 11.8 Å². The smallest absolute Gasteiger partial charge is 0.317 e. The Morgan fingerprint density at radius 1 is 1.48 bits per heavy atom. The van der Waals surface area contributed by atoms with E-state index in [2.05, 4.69) is 0 Å². The summed E-state index contributed by atoms with van der Waals surface area (Å²) in [6.45, 7) is 2.98. The van der Waals surface area contributed by atoms with Crippen LogP contribution in [0, 0.1) is 12.7 Å². The molecule has 1 saturated heterocycles. The van der Waals surface area contributed by atoms with Gasteiger partial charge in [0.2, 0.25) is 0 Å². The molecule has 126 valence electrons. The van der Waals surface area contributed by atoms with E-state index in [0.29, 0.717) is 31.8 Å². The monoisotopic (exact) mass is 324 g/mol. The highest BCUT2D eigenvalue weighted by Crippen LogP contribution is 2.16. The van der Waals surface area contributed by atoms with Crippen LogP contribution in [0.1, 0.15) is 15.9 Å². The molecule has 6 nitrogen and oxygen atoms in total. The quantitative estimate of drug-likeness (QED) is 0.875. The number of carboxylic acids is 1. The molecule has 0 bridgehead atoms. The van der Waals surface area contributed by atoms with Crippen LogP contribution in [0.3, 0.4) is 0 Å². The van der Waals surface area contributed by atoms with E-state index in [9.17, 15) is 14.0 Å². The second kappa shape index (κ2) is 7.52. The summed E-state index contributed by atoms with van der Waals surface area (Å²) in [5, 5.41) is 8.77. The highest BCUT2D eigenvalue weighted by atomic mass is 19.1. The Bertz CT molecular complexity index is 593. The minimum atomic E-state index is -0.918. The van der Waals surface area contributed by atoms with Crippen molar-refractivity contribution in [2.45, 2.75) is 13.0 Å². The number of nitrogens with zero attached hydrogens (tertiary/aromatic N) is 2. The first-order chi connectivity index (χ1) is 10.9. The van der Waals surface area contributed by atoms with Gasteiger partial charge in [-0.2, -0.15) is 0 Å². The lowest BCUT2D eigenvalue weighted by Gasteiger charge is -2.34. The lowest BCUT2D eigenvalue weighted by atomic mass is 10.1. The van der Waals surface area contributed by atoms with Crippen LogP contribution in [0.5, 0.6) is 0 Å². The minimum Gasteiger partial charge on any atom is -0.480 e. The van der Waals surface area contributed by atoms with Gasteiger partial charge in [-0.25, -0.2) is 4.39 Å². The molecule has 1 aromatic rings. The average Bonchev–Trinajstić information content (AvgIpc) is 2.48. The molecule has 1 fully saturated rings. The third kappa shape index (κ3) is 4.49. The van der Waals surface area contributed by atoms with E-state index in [1.165, 1.54) is 6.07 Å². The maximum absolute atomic E-state index is 14.1. The van der Waals surface area contributed by atoms with Crippen LogP contribution in [0.25, 0.3) is 0 Å². The summed E-state index contributed by atoms with van der Waals surface area (Å²) >= 11 is 0. The molecule has 0 aromatic heterocycles. The molecule has 1 unspecified atom stereocenters. The lowest BCUT2D eigenvalue weighted by molar-refractivity contribution is -0.138. The van der Waals surface area contributed by atoms with Crippen molar-refractivity contribution in [1.29, 1.82) is 0 Å². The number of carbonyl (C=O) groups excluding carboxylic acids is 1. The number of aryl methyl sites for hydroxylation is 1. The van der Waals surface area contributed by atoms with Gasteiger partial charge in [0, 0.05) is 19.6 Å². The number of hydrogen-bond donors (Lipinski definition) is 1. The van der Waals surface area contributed by atoms with Crippen molar-refractivity contribution in [1.82, 2.24) is 9.80 Å². The summed E-state index contributed by atoms with van der Waals surface area (Å²) in [6, 6.07) is 4.75. The molecule has 1 atom stereocenters. The SMILES string of the molecule is Cc1cccc(C(=O)N2CCOC(CN(C)CC(=O)O)C2)c1F. The Kier molecular flexibility index (Phi) is 5.68. The predicted octanol–water partition coefficient (Wildman–Crippen LogP) is 0.992. The molecule has 1 N–H and O–H groups in total. The van der Waals surface area contributed by atoms with Gasteiger partial charge < -0.3 is 14.7 Å². The van der Waals surface area contributed by atoms with Gasteiger partial charge in [-0.3, -0.25) is 14.5 Å². The number of amides is 1. The minimum absolute atomic E-state index is 0.0598. The van der Waals surface area contributed by atoms with Crippen molar-refractivity contribution < 1.29 is 23.8 Å². The molecule has 1 aliphatic rings. The van der Waals surface area contributed by atoms with Crippen molar-refractivity contribution in [2.24, 2.45) is 0 Å². The number of morpholine rings is 1. The summed E-state index contributed by atoms with van der Waals surface area (Å²) in [6.07, 6.45) is -0.287. The summed E-state index contributed by atoms with van der Waals surface area (Å²) in [5.41, 5.74) is 0.492. The Balaban J connectivity index is 2.01. The molecule has 1 aliphatic heterocycles. The summed E-state index contributed by atoms with van der Waals surface area (Å²) in [5.74, 6) is -1.78. The van der Waals surface area contributed by atoms with Crippen LogP contribution in [-0.2, 0) is 9.53 Å². The molecule has 7 heteroatoms. The van der Waals surface area contributed by atoms with Crippen molar-refractivity contribution >= 4 is 11.9 Å². The van der Waals surface area contributed by atoms with Crippen molar-refractivity contribution in [3.8, 4) is 0 Å². The normalized spacial score (nSPS) is 18.3. The van der Waals surface area contributed by atoms with Crippen LogP contribution in [0.4, 0.5) is 4.39 Å². The number of rotatable bonds is 5. The molecule has 0 spiro atoms. The van der Waals surface area contributed by atoms with E-state index >= 15 is 0 Å². The number of carbonyl (C=O) groups is 2. The Labute approximate surface area is 134 Å². The summed E-state index contributed by atoms with van der Waals surface area (Å²) in [7, 11) is 1.68. The van der Waals surface area contributed by atoms with Crippen LogP contribution < -0.4 is 0 Å². The van der Waals surface area contributed by atoms with E-state index in [1.54, 1.807) is 35.9 Å². The third-order valence-corrected chi connectivity index (χ3v) is 3.77. The van der Waals surface area contributed by atoms with E-state index in [4.69, 9.17) is 9.84 Å². The van der Waals surface area contributed by atoms with Crippen molar-refractivity contribution in [3.05, 3.63) is 35.1 Å². The molecule has 23 heavy (non-hydrogen) atoms. The topological polar surface area (TPSA) is 70.1 Å². The maximum Gasteiger partial charge on any atom is 0.317 e. The molecular weight excluding hydrogens is 303 g/mol. The fourth-order valence-corrected chi connectivity index (χ4v) is 2.64. The lowest BCUT2D eigenvalue weighted by Crippen LogP contribution is -2.49. The van der Waals surface area contributed by atoms with Crippen molar-refractivity contribution in [3.63, 3.8) is 0 Å². The largest absolute Gasteiger partial charge is 0.480 e. The predicted molar refractivity (Wildman–Crippen MR) is 81.9 cm³/mol. The second-order valence-corrected chi connectivity index (χ2v) is 5.77. The number of aliphatic carboxylic acids is 1. The van der Waals surface area contributed by atoms with E-state index in [0.717, 1.165) is 0 Å². The van der Waals surface area contributed by atoms with Gasteiger partial charge >= 0.3 is 5.97 Å². The van der Waals surface area contributed by atoms with E-state index in [1.807, 2.05) is 0 Å². The van der Waals surface area contributed by atoms with Gasteiger partial charge in [-0.05, 0) is 25.6 Å². The summed E-state index contributed by atoms with van der Waals surface area (Å²) < 4.78 is 19.7. The first-order valence-corrected chi connectivity index (χ1v) is 7.45. The zero-order valence-corrected chi connectivity index (χ0v) is 13.3. The van der Waals surface area contributed by atoms with Crippen LogP contribution >= 0.6 is 0 Å². The molecular formula is C16H21FN2O4. The highest BCUT2D eigenvalue weighted by Gasteiger charge is 2.27. The average molecular weight is 324 g/mol. The standard InChI is InChI=1S/C16H21FN2O4/c1-11-4-3-5-13(15(11)17)16(22)19-6-7-23-12(9-19)8-18(2)10-14(20)21/h3-5,12H,6-10H2,1-2H3,(H,20,21). The first-order valence-electron chi connectivity index (χ1n) is 7.45. The van der Waals surface area contributed by atoms with E-state index in [-0.39, 0.29) is 24.1 Å². The molecule has 0 aliphatic carbocycles. The first kappa shape index (κ1) is 17.4. The zero-order valence-electron chi connectivity index (χ0n) is 13.3. The summed E-state index contributed by atoms with van der Waals surface area (Å²) in [4.78, 5) is 26.4. The highest BCUT2D eigenvalue weighted by molar-refractivity contribution is 5.94. The molecule has 1 amide bonds. The molecule has 0 radical (unpaired) electrons. The maximum atomic E-state index is 14.1. The van der Waals surface area contributed by atoms with Gasteiger partial charge in [-0.1, -0.05) is 12.1 Å². The second-order valence-electron chi connectivity index (χ2n) is 5.77. The fraction of sp³-hybridized carbons (Fsp3) is 0.500. The Morgan fingerprint density at radius 3 is 2.91 bits per heavy atom. The Morgan fingerprint density at radius 2 is 2.22 bits per heavy atom. The van der Waals surface area contributed by atoms with Gasteiger partial charge in [0.05, 0.1) is 24.8 Å². The number of halogens is 1. The van der Waals surface area contributed by atoms with Gasteiger partial charge in [0.15, 0.2) is 0 Å². The number of carboxylic acid groups (broad SMARTS) is 1. The van der Waals surface area contributed by atoms with Crippen LogP contribution in [0.15, 0.2) is 18.2 Å². The molecule has 1 heterocycles. The fourth-order valence-electron chi connectivity index (χ4n) is 2.64. The van der Waals surface area contributed by atoms with Gasteiger partial charge in [-0.15, -0.1) is 0 Å². The number of likely N-dealkylation sites (N-methyl/N-ethyl adjacent to an activating group) is 1. The Hall–Kier alpha value is -1.99. The van der Waals surface area contributed by atoms with Crippen LogP contribution in [-0.4, -0.2) is 72.7 Å². The van der Waals surface area contributed by atoms with Gasteiger partial charge in [0.25, 0.3) is 5.91 Å². The molecule has 0 saturated carbocycles. The number of hydrogen-bond acceptors (Lipinski definition) is 4. The third-order valence-electron chi connectivity index (χ3n) is 3.77. The number of benzene rings is 1.